The van der Waals surface area contributed by atoms with Crippen LogP contribution in [0.2, 0.25) is 5.02 Å². The Labute approximate surface area is 143 Å². The van der Waals surface area contributed by atoms with Crippen molar-refractivity contribution in [2.24, 2.45) is 7.05 Å². The number of halogens is 1. The molecule has 0 aliphatic rings. The number of benzene rings is 1. The minimum Gasteiger partial charge on any atom is -0.352 e. The molecular formula is C17H16ClN3OS. The van der Waals surface area contributed by atoms with Gasteiger partial charge in [-0.25, -0.2) is 4.98 Å². The van der Waals surface area contributed by atoms with E-state index in [-0.39, 0.29) is 5.91 Å². The minimum absolute atomic E-state index is 0.164. The summed E-state index contributed by atoms with van der Waals surface area (Å²) in [6, 6.07) is 11.1. The number of carbonyl (C=O) groups excluding carboxylic acids is 1. The van der Waals surface area contributed by atoms with Crippen molar-refractivity contribution in [2.75, 3.05) is 6.54 Å². The molecule has 1 amide bonds. The lowest BCUT2D eigenvalue weighted by Gasteiger charge is -2.06. The van der Waals surface area contributed by atoms with Crippen molar-refractivity contribution >= 4 is 28.8 Å². The lowest BCUT2D eigenvalue weighted by Crippen LogP contribution is -2.26. The Hall–Kier alpha value is -2.11. The van der Waals surface area contributed by atoms with E-state index in [1.165, 1.54) is 0 Å². The summed E-state index contributed by atoms with van der Waals surface area (Å²) < 4.78 is 2.00. The van der Waals surface area contributed by atoms with Crippen molar-refractivity contribution in [3.63, 3.8) is 0 Å². The van der Waals surface area contributed by atoms with E-state index in [1.807, 2.05) is 29.3 Å². The standard InChI is InChI=1S/C17H16ClN3OS/c1-21-11-14(15-7-4-10-23-15)20-16(21)8-9-19-17(22)12-5-2-3-6-13(12)18/h2-7,10-11H,8-9H2,1H3,(H,19,22). The normalized spacial score (nSPS) is 10.7. The van der Waals surface area contributed by atoms with Crippen LogP contribution in [-0.2, 0) is 13.5 Å². The summed E-state index contributed by atoms with van der Waals surface area (Å²) in [7, 11) is 1.97. The topological polar surface area (TPSA) is 46.9 Å². The van der Waals surface area contributed by atoms with Crippen LogP contribution in [0, 0.1) is 0 Å². The first kappa shape index (κ1) is 15.8. The van der Waals surface area contributed by atoms with Gasteiger partial charge in [0.1, 0.15) is 5.82 Å². The zero-order valence-corrected chi connectivity index (χ0v) is 14.2. The first-order valence-electron chi connectivity index (χ1n) is 7.24. The average Bonchev–Trinajstić information content (AvgIpc) is 3.18. The highest BCUT2D eigenvalue weighted by atomic mass is 35.5. The van der Waals surface area contributed by atoms with Gasteiger partial charge in [0.2, 0.25) is 0 Å². The third kappa shape index (κ3) is 3.63. The van der Waals surface area contributed by atoms with Gasteiger partial charge in [0, 0.05) is 26.2 Å². The lowest BCUT2D eigenvalue weighted by atomic mass is 10.2. The van der Waals surface area contributed by atoms with Gasteiger partial charge >= 0.3 is 0 Å². The summed E-state index contributed by atoms with van der Waals surface area (Å²) in [6.07, 6.45) is 2.68. The number of nitrogens with one attached hydrogen (secondary N) is 1. The third-order valence-electron chi connectivity index (χ3n) is 3.50. The van der Waals surface area contributed by atoms with Crippen molar-refractivity contribution in [1.82, 2.24) is 14.9 Å². The molecule has 2 aromatic heterocycles. The summed E-state index contributed by atoms with van der Waals surface area (Å²) in [5, 5.41) is 5.38. The predicted molar refractivity (Wildman–Crippen MR) is 94.0 cm³/mol. The Balaban J connectivity index is 1.61. The molecule has 3 rings (SSSR count). The van der Waals surface area contributed by atoms with Crippen molar-refractivity contribution in [2.45, 2.75) is 6.42 Å². The van der Waals surface area contributed by atoms with Crippen LogP contribution in [0.25, 0.3) is 10.6 Å². The smallest absolute Gasteiger partial charge is 0.252 e. The third-order valence-corrected chi connectivity index (χ3v) is 4.72. The first-order chi connectivity index (χ1) is 11.1. The highest BCUT2D eigenvalue weighted by Gasteiger charge is 2.11. The van der Waals surface area contributed by atoms with E-state index in [2.05, 4.69) is 16.4 Å². The zero-order valence-electron chi connectivity index (χ0n) is 12.6. The summed E-state index contributed by atoms with van der Waals surface area (Å²) >= 11 is 7.69. The van der Waals surface area contributed by atoms with Crippen LogP contribution in [-0.4, -0.2) is 22.0 Å². The molecule has 0 atom stereocenters. The number of imidazole rings is 1. The number of aromatic nitrogens is 2. The fourth-order valence-corrected chi connectivity index (χ4v) is 3.21. The predicted octanol–water partition coefficient (Wildman–Crippen LogP) is 3.77. The van der Waals surface area contributed by atoms with Gasteiger partial charge in [-0.2, -0.15) is 0 Å². The van der Waals surface area contributed by atoms with Gasteiger partial charge in [-0.1, -0.05) is 29.8 Å². The molecule has 0 spiro atoms. The number of thiophene rings is 1. The van der Waals surface area contributed by atoms with E-state index in [4.69, 9.17) is 11.6 Å². The summed E-state index contributed by atoms with van der Waals surface area (Å²) in [6.45, 7) is 0.513. The number of carbonyl (C=O) groups is 1. The average molecular weight is 346 g/mol. The largest absolute Gasteiger partial charge is 0.352 e. The van der Waals surface area contributed by atoms with Crippen LogP contribution in [0.3, 0.4) is 0 Å². The Morgan fingerprint density at radius 1 is 1.30 bits per heavy atom. The molecule has 0 saturated carbocycles. The molecular weight excluding hydrogens is 330 g/mol. The van der Waals surface area contributed by atoms with Gasteiger partial charge in [0.15, 0.2) is 0 Å². The summed E-state index contributed by atoms with van der Waals surface area (Å²) in [5.41, 5.74) is 1.46. The van der Waals surface area contributed by atoms with Crippen LogP contribution < -0.4 is 5.32 Å². The summed E-state index contributed by atoms with van der Waals surface area (Å²) in [5.74, 6) is 0.774. The lowest BCUT2D eigenvalue weighted by molar-refractivity contribution is 0.0954. The monoisotopic (exact) mass is 345 g/mol. The first-order valence-corrected chi connectivity index (χ1v) is 8.50. The van der Waals surface area contributed by atoms with E-state index >= 15 is 0 Å². The number of aryl methyl sites for hydroxylation is 1. The van der Waals surface area contributed by atoms with Crippen LogP contribution in [0.4, 0.5) is 0 Å². The maximum Gasteiger partial charge on any atom is 0.252 e. The fraction of sp³-hybridized carbons (Fsp3) is 0.176. The van der Waals surface area contributed by atoms with Crippen LogP contribution >= 0.6 is 22.9 Å². The molecule has 0 unspecified atom stereocenters. The number of rotatable bonds is 5. The molecule has 1 aromatic carbocycles. The van der Waals surface area contributed by atoms with Gasteiger partial charge in [-0.15, -0.1) is 11.3 Å². The van der Waals surface area contributed by atoms with Crippen molar-refractivity contribution in [3.05, 3.63) is 64.4 Å². The van der Waals surface area contributed by atoms with Crippen molar-refractivity contribution < 1.29 is 4.79 Å². The number of amides is 1. The molecule has 3 aromatic rings. The van der Waals surface area contributed by atoms with Gasteiger partial charge in [-0.3, -0.25) is 4.79 Å². The van der Waals surface area contributed by atoms with Gasteiger partial charge < -0.3 is 9.88 Å². The molecule has 23 heavy (non-hydrogen) atoms. The highest BCUT2D eigenvalue weighted by molar-refractivity contribution is 7.13. The van der Waals surface area contributed by atoms with Gasteiger partial charge in [-0.05, 0) is 23.6 Å². The molecule has 1 N–H and O–H groups in total. The van der Waals surface area contributed by atoms with Crippen molar-refractivity contribution in [3.8, 4) is 10.6 Å². The van der Waals surface area contributed by atoms with Crippen LogP contribution in [0.1, 0.15) is 16.2 Å². The Kier molecular flexibility index (Phi) is 4.79. The Bertz CT molecular complexity index is 811. The van der Waals surface area contributed by atoms with E-state index in [0.717, 1.165) is 16.4 Å². The molecule has 118 valence electrons. The molecule has 2 heterocycles. The van der Waals surface area contributed by atoms with Crippen molar-refractivity contribution in [1.29, 1.82) is 0 Å². The maximum absolute atomic E-state index is 12.1. The van der Waals surface area contributed by atoms with E-state index < -0.39 is 0 Å². The van der Waals surface area contributed by atoms with Crippen LogP contribution in [0.5, 0.6) is 0 Å². The van der Waals surface area contributed by atoms with E-state index in [1.54, 1.807) is 35.6 Å². The highest BCUT2D eigenvalue weighted by Crippen LogP contribution is 2.23. The molecule has 6 heteroatoms. The van der Waals surface area contributed by atoms with Gasteiger partial charge in [0.05, 0.1) is 21.2 Å². The molecule has 0 radical (unpaired) electrons. The van der Waals surface area contributed by atoms with Gasteiger partial charge in [0.25, 0.3) is 5.91 Å². The maximum atomic E-state index is 12.1. The minimum atomic E-state index is -0.164. The molecule has 0 saturated heterocycles. The quantitative estimate of drug-likeness (QED) is 0.765. The SMILES string of the molecule is Cn1cc(-c2cccs2)nc1CCNC(=O)c1ccccc1Cl. The van der Waals surface area contributed by atoms with E-state index in [0.29, 0.717) is 23.6 Å². The molecule has 4 nitrogen and oxygen atoms in total. The molecule has 0 bridgehead atoms. The molecule has 0 aliphatic carbocycles. The Morgan fingerprint density at radius 3 is 2.87 bits per heavy atom. The van der Waals surface area contributed by atoms with Crippen LogP contribution in [0.15, 0.2) is 48.0 Å². The second-order valence-electron chi connectivity index (χ2n) is 5.12. The summed E-state index contributed by atoms with van der Waals surface area (Å²) in [4.78, 5) is 17.9. The molecule has 0 aliphatic heterocycles. The number of hydrogen-bond donors (Lipinski definition) is 1. The second-order valence-corrected chi connectivity index (χ2v) is 6.47. The number of hydrogen-bond acceptors (Lipinski definition) is 3. The Morgan fingerprint density at radius 2 is 2.13 bits per heavy atom. The fourth-order valence-electron chi connectivity index (χ4n) is 2.31. The zero-order chi connectivity index (χ0) is 16.2. The number of nitrogens with zero attached hydrogens (tertiary/aromatic N) is 2. The molecule has 0 fully saturated rings. The van der Waals surface area contributed by atoms with E-state index in [9.17, 15) is 4.79 Å². The second kappa shape index (κ2) is 6.98.